The van der Waals surface area contributed by atoms with Crippen molar-refractivity contribution in [1.29, 1.82) is 5.26 Å². The van der Waals surface area contributed by atoms with Crippen molar-refractivity contribution in [3.05, 3.63) is 36.8 Å². The lowest BCUT2D eigenvalue weighted by atomic mass is 10.2. The van der Waals surface area contributed by atoms with Crippen LogP contribution in [-0.2, 0) is 9.84 Å². The number of nitrogens with zero attached hydrogens (tertiary/aromatic N) is 4. The molecule has 0 amide bonds. The standard InChI is InChI=1S/C21H19F5N4O4S/c1-4-35(31,32)16-8-13(34-19(2,3)11-27)9-28-17(16)18-29-10-14-15(6-5-7-30(14)18)33-12-20(22,23)21(24,25)26/h5-10H,4,12H2,1-3H3. The van der Waals surface area contributed by atoms with Gasteiger partial charge in [-0.1, -0.05) is 6.92 Å². The Morgan fingerprint density at radius 2 is 1.83 bits per heavy atom. The van der Waals surface area contributed by atoms with Gasteiger partial charge >= 0.3 is 12.1 Å². The molecule has 0 fully saturated rings. The van der Waals surface area contributed by atoms with Crippen LogP contribution in [0, 0.1) is 11.3 Å². The molecule has 0 aliphatic carbocycles. The van der Waals surface area contributed by atoms with Gasteiger partial charge in [-0.05, 0) is 26.0 Å². The van der Waals surface area contributed by atoms with Gasteiger partial charge in [0.15, 0.2) is 27.9 Å². The lowest BCUT2D eigenvalue weighted by Crippen LogP contribution is -2.41. The summed E-state index contributed by atoms with van der Waals surface area (Å²) in [6, 6.07) is 5.58. The van der Waals surface area contributed by atoms with Crippen molar-refractivity contribution < 1.29 is 39.8 Å². The maximum Gasteiger partial charge on any atom is 0.456 e. The number of rotatable bonds is 8. The van der Waals surface area contributed by atoms with Crippen LogP contribution in [0.4, 0.5) is 22.0 Å². The Kier molecular flexibility index (Phi) is 6.69. The number of imidazole rings is 1. The average Bonchev–Trinajstić information content (AvgIpc) is 3.21. The Balaban J connectivity index is 2.09. The second-order valence-electron chi connectivity index (χ2n) is 7.85. The number of fused-ring (bicyclic) bond motifs is 1. The molecule has 0 aliphatic rings. The van der Waals surface area contributed by atoms with Gasteiger partial charge in [0, 0.05) is 12.3 Å². The first-order valence-corrected chi connectivity index (χ1v) is 11.6. The van der Waals surface area contributed by atoms with Crippen molar-refractivity contribution in [2.75, 3.05) is 12.4 Å². The van der Waals surface area contributed by atoms with Gasteiger partial charge in [0.2, 0.25) is 0 Å². The Morgan fingerprint density at radius 3 is 2.43 bits per heavy atom. The molecule has 0 radical (unpaired) electrons. The highest BCUT2D eigenvalue weighted by molar-refractivity contribution is 7.91. The molecule has 0 aromatic carbocycles. The predicted molar refractivity (Wildman–Crippen MR) is 113 cm³/mol. The van der Waals surface area contributed by atoms with E-state index in [-0.39, 0.29) is 39.2 Å². The van der Waals surface area contributed by atoms with E-state index in [0.29, 0.717) is 0 Å². The zero-order chi connectivity index (χ0) is 26.2. The van der Waals surface area contributed by atoms with Crippen LogP contribution >= 0.6 is 0 Å². The monoisotopic (exact) mass is 518 g/mol. The van der Waals surface area contributed by atoms with E-state index in [0.717, 1.165) is 6.20 Å². The van der Waals surface area contributed by atoms with E-state index < -0.39 is 34.1 Å². The normalized spacial score (nSPS) is 13.0. The molecule has 14 heteroatoms. The fourth-order valence-electron chi connectivity index (χ4n) is 2.90. The van der Waals surface area contributed by atoms with Crippen LogP contribution in [-0.4, -0.2) is 52.8 Å². The smallest absolute Gasteiger partial charge is 0.456 e. The lowest BCUT2D eigenvalue weighted by Gasteiger charge is -2.20. The van der Waals surface area contributed by atoms with Crippen LogP contribution in [0.25, 0.3) is 17.0 Å². The van der Waals surface area contributed by atoms with Crippen molar-refractivity contribution in [2.24, 2.45) is 0 Å². The second-order valence-corrected chi connectivity index (χ2v) is 10.1. The van der Waals surface area contributed by atoms with E-state index >= 15 is 0 Å². The molecular weight excluding hydrogens is 499 g/mol. The highest BCUT2D eigenvalue weighted by Crippen LogP contribution is 2.37. The Labute approximate surface area is 196 Å². The summed E-state index contributed by atoms with van der Waals surface area (Å²) in [7, 11) is -3.90. The summed E-state index contributed by atoms with van der Waals surface area (Å²) in [5, 5.41) is 9.17. The molecule has 0 aliphatic heterocycles. The van der Waals surface area contributed by atoms with Gasteiger partial charge < -0.3 is 9.47 Å². The van der Waals surface area contributed by atoms with E-state index in [1.54, 1.807) is 0 Å². The quantitative estimate of drug-likeness (QED) is 0.406. The summed E-state index contributed by atoms with van der Waals surface area (Å²) >= 11 is 0. The molecule has 0 saturated heterocycles. The minimum atomic E-state index is -5.79. The summed E-state index contributed by atoms with van der Waals surface area (Å²) < 4.78 is 101. The van der Waals surface area contributed by atoms with Crippen molar-refractivity contribution in [3.63, 3.8) is 0 Å². The van der Waals surface area contributed by atoms with Gasteiger partial charge in [-0.3, -0.25) is 4.40 Å². The van der Waals surface area contributed by atoms with E-state index in [1.807, 2.05) is 6.07 Å². The molecule has 8 nitrogen and oxygen atoms in total. The first-order valence-electron chi connectivity index (χ1n) is 9.99. The maximum absolute atomic E-state index is 13.3. The number of halogens is 5. The fourth-order valence-corrected chi connectivity index (χ4v) is 3.95. The van der Waals surface area contributed by atoms with Crippen LogP contribution in [0.1, 0.15) is 20.8 Å². The summed E-state index contributed by atoms with van der Waals surface area (Å²) in [6.45, 7) is 2.40. The van der Waals surface area contributed by atoms with Gasteiger partial charge in [-0.2, -0.15) is 27.2 Å². The third kappa shape index (κ3) is 5.29. The van der Waals surface area contributed by atoms with Gasteiger partial charge in [0.05, 0.1) is 18.1 Å². The number of sulfone groups is 1. The number of pyridine rings is 2. The number of hydrogen-bond donors (Lipinski definition) is 0. The number of alkyl halides is 5. The topological polar surface area (TPSA) is 107 Å². The van der Waals surface area contributed by atoms with Crippen LogP contribution in [0.5, 0.6) is 11.5 Å². The fraction of sp³-hybridized carbons (Fsp3) is 0.381. The van der Waals surface area contributed by atoms with Crippen LogP contribution in [0.15, 0.2) is 41.7 Å². The molecule has 0 N–H and O–H groups in total. The van der Waals surface area contributed by atoms with Crippen LogP contribution in [0.2, 0.25) is 0 Å². The Hall–Kier alpha value is -3.47. The molecular formula is C21H19F5N4O4S. The second kappa shape index (κ2) is 8.95. The molecule has 3 heterocycles. The van der Waals surface area contributed by atoms with E-state index in [9.17, 15) is 35.6 Å². The highest BCUT2D eigenvalue weighted by Gasteiger charge is 2.58. The maximum atomic E-state index is 13.3. The van der Waals surface area contributed by atoms with Gasteiger partial charge in [0.1, 0.15) is 33.7 Å². The zero-order valence-corrected chi connectivity index (χ0v) is 19.4. The van der Waals surface area contributed by atoms with Crippen molar-refractivity contribution in [1.82, 2.24) is 14.4 Å². The molecule has 35 heavy (non-hydrogen) atoms. The molecule has 0 saturated carbocycles. The third-order valence-electron chi connectivity index (χ3n) is 4.75. The molecule has 3 aromatic heterocycles. The molecule has 188 valence electrons. The first-order chi connectivity index (χ1) is 16.1. The van der Waals surface area contributed by atoms with Crippen LogP contribution < -0.4 is 9.47 Å². The molecule has 0 spiro atoms. The lowest BCUT2D eigenvalue weighted by molar-refractivity contribution is -0.289. The summed E-state index contributed by atoms with van der Waals surface area (Å²) in [5.74, 6) is -5.75. The first kappa shape index (κ1) is 26.1. The third-order valence-corrected chi connectivity index (χ3v) is 6.49. The van der Waals surface area contributed by atoms with E-state index in [4.69, 9.17) is 9.47 Å². The number of ether oxygens (including phenoxy) is 2. The van der Waals surface area contributed by atoms with Crippen LogP contribution in [0.3, 0.4) is 0 Å². The minimum Gasteiger partial charge on any atom is -0.485 e. The number of hydrogen-bond acceptors (Lipinski definition) is 7. The SMILES string of the molecule is CCS(=O)(=O)c1cc(OC(C)(C)C#N)cnc1-c1ncc2c(OCC(F)(F)C(F)(F)F)cccn12. The molecule has 0 bridgehead atoms. The summed E-state index contributed by atoms with van der Waals surface area (Å²) in [4.78, 5) is 7.98. The Morgan fingerprint density at radius 1 is 1.14 bits per heavy atom. The van der Waals surface area contributed by atoms with Crippen molar-refractivity contribution in [3.8, 4) is 29.1 Å². The molecule has 3 aromatic rings. The number of nitriles is 1. The predicted octanol–water partition coefficient (Wildman–Crippen LogP) is 4.45. The van der Waals surface area contributed by atoms with Gasteiger partial charge in [-0.15, -0.1) is 0 Å². The average molecular weight is 518 g/mol. The highest BCUT2D eigenvalue weighted by atomic mass is 32.2. The Bertz CT molecular complexity index is 1390. The van der Waals surface area contributed by atoms with Crippen molar-refractivity contribution in [2.45, 2.75) is 43.4 Å². The number of aromatic nitrogens is 3. The van der Waals surface area contributed by atoms with Gasteiger partial charge in [-0.25, -0.2) is 18.4 Å². The van der Waals surface area contributed by atoms with Crippen molar-refractivity contribution >= 4 is 15.4 Å². The van der Waals surface area contributed by atoms with Gasteiger partial charge in [0.25, 0.3) is 0 Å². The zero-order valence-electron chi connectivity index (χ0n) is 18.6. The minimum absolute atomic E-state index is 0.00610. The summed E-state index contributed by atoms with van der Waals surface area (Å²) in [5.41, 5.74) is -1.39. The molecule has 0 unspecified atom stereocenters. The molecule has 0 atom stereocenters. The van der Waals surface area contributed by atoms with E-state index in [2.05, 4.69) is 9.97 Å². The summed E-state index contributed by atoms with van der Waals surface area (Å²) in [6.07, 6.45) is -2.08. The largest absolute Gasteiger partial charge is 0.485 e. The van der Waals surface area contributed by atoms with E-state index in [1.165, 1.54) is 55.8 Å². The molecule has 3 rings (SSSR count).